The van der Waals surface area contributed by atoms with Crippen LogP contribution in [0.15, 0.2) is 94.8 Å². The molecule has 6 heteroatoms. The van der Waals surface area contributed by atoms with Gasteiger partial charge in [-0.3, -0.25) is 9.78 Å². The van der Waals surface area contributed by atoms with Gasteiger partial charge < -0.3 is 4.42 Å². The maximum atomic E-state index is 13.1. The second kappa shape index (κ2) is 7.97. The lowest BCUT2D eigenvalue weighted by molar-refractivity contribution is 0.0989. The van der Waals surface area contributed by atoms with Crippen molar-refractivity contribution in [1.29, 1.82) is 0 Å². The molecule has 4 rings (SSSR count). The molecule has 0 aliphatic rings. The largest absolute Gasteiger partial charge is 0.411 e. The van der Waals surface area contributed by atoms with Crippen molar-refractivity contribution in [3.8, 4) is 11.5 Å². The topological polar surface area (TPSA) is 68.9 Å². The number of Topliss-reactive ketones (excluding diaryl/α,β-unsaturated/α-hetero) is 1. The Hall–Kier alpha value is -3.25. The van der Waals surface area contributed by atoms with Crippen LogP contribution < -0.4 is 0 Å². The number of hydrogen-bond donors (Lipinski definition) is 0. The lowest BCUT2D eigenvalue weighted by Gasteiger charge is -2.14. The SMILES string of the molecule is O=C(c1ccccc1)[C@@H](Sc1nnc(-c2cccnc2)o1)c1ccccc1. The van der Waals surface area contributed by atoms with Crippen LogP contribution in [0.3, 0.4) is 0 Å². The van der Waals surface area contributed by atoms with Gasteiger partial charge in [0, 0.05) is 18.0 Å². The molecule has 0 N–H and O–H groups in total. The number of thioether (sulfide) groups is 1. The van der Waals surface area contributed by atoms with E-state index in [-0.39, 0.29) is 5.78 Å². The molecule has 1 atom stereocenters. The molecule has 0 saturated carbocycles. The van der Waals surface area contributed by atoms with E-state index >= 15 is 0 Å². The normalized spacial score (nSPS) is 11.9. The summed E-state index contributed by atoms with van der Waals surface area (Å²) in [6, 6.07) is 22.5. The average Bonchev–Trinajstić information content (AvgIpc) is 3.22. The van der Waals surface area contributed by atoms with E-state index in [0.717, 1.165) is 11.1 Å². The van der Waals surface area contributed by atoms with Gasteiger partial charge in [-0.2, -0.15) is 0 Å². The van der Waals surface area contributed by atoms with Crippen molar-refractivity contribution in [2.75, 3.05) is 0 Å². The van der Waals surface area contributed by atoms with Crippen LogP contribution >= 0.6 is 11.8 Å². The third kappa shape index (κ3) is 3.96. The van der Waals surface area contributed by atoms with Crippen molar-refractivity contribution >= 4 is 17.5 Å². The molecule has 5 nitrogen and oxygen atoms in total. The monoisotopic (exact) mass is 373 g/mol. The molecule has 2 heterocycles. The van der Waals surface area contributed by atoms with Crippen molar-refractivity contribution in [2.24, 2.45) is 0 Å². The number of pyridine rings is 1. The van der Waals surface area contributed by atoms with Gasteiger partial charge in [0.05, 0.1) is 5.56 Å². The van der Waals surface area contributed by atoms with E-state index in [1.165, 1.54) is 11.8 Å². The van der Waals surface area contributed by atoms with Crippen LogP contribution in [0.25, 0.3) is 11.5 Å². The molecular weight excluding hydrogens is 358 g/mol. The fraction of sp³-hybridized carbons (Fsp3) is 0.0476. The molecule has 2 aromatic heterocycles. The molecule has 27 heavy (non-hydrogen) atoms. The van der Waals surface area contributed by atoms with E-state index in [1.807, 2.05) is 66.7 Å². The molecule has 0 aliphatic carbocycles. The minimum atomic E-state index is -0.476. The summed E-state index contributed by atoms with van der Waals surface area (Å²) in [6.45, 7) is 0. The second-order valence-corrected chi connectivity index (χ2v) is 6.81. The first kappa shape index (κ1) is 17.2. The first-order valence-corrected chi connectivity index (χ1v) is 9.24. The molecule has 132 valence electrons. The van der Waals surface area contributed by atoms with E-state index in [0.29, 0.717) is 16.7 Å². The highest BCUT2D eigenvalue weighted by Gasteiger charge is 2.26. The maximum absolute atomic E-state index is 13.1. The summed E-state index contributed by atoms with van der Waals surface area (Å²) in [7, 11) is 0. The lowest BCUT2D eigenvalue weighted by atomic mass is 10.0. The van der Waals surface area contributed by atoms with Gasteiger partial charge in [0.25, 0.3) is 5.22 Å². The Morgan fingerprint density at radius 1 is 0.889 bits per heavy atom. The number of aromatic nitrogens is 3. The summed E-state index contributed by atoms with van der Waals surface area (Å²) >= 11 is 1.25. The zero-order valence-corrected chi connectivity index (χ0v) is 15.0. The standard InChI is InChI=1S/C21H15N3O2S/c25-18(15-8-3-1-4-9-15)19(16-10-5-2-6-11-16)27-21-24-23-20(26-21)17-12-7-13-22-14-17/h1-14,19H/t19-/m0/s1. The van der Waals surface area contributed by atoms with Gasteiger partial charge in [0.15, 0.2) is 5.78 Å². The Balaban J connectivity index is 1.64. The number of rotatable bonds is 6. The molecule has 4 aromatic rings. The minimum Gasteiger partial charge on any atom is -0.411 e. The lowest BCUT2D eigenvalue weighted by Crippen LogP contribution is -2.10. The summed E-state index contributed by atoms with van der Waals surface area (Å²) in [6.07, 6.45) is 3.34. The summed E-state index contributed by atoms with van der Waals surface area (Å²) in [5.74, 6) is 0.373. The average molecular weight is 373 g/mol. The van der Waals surface area contributed by atoms with Crippen molar-refractivity contribution in [3.63, 3.8) is 0 Å². The number of ketones is 1. The Kier molecular flexibility index (Phi) is 5.07. The van der Waals surface area contributed by atoms with Crippen LogP contribution in [0.2, 0.25) is 0 Å². The maximum Gasteiger partial charge on any atom is 0.277 e. The highest BCUT2D eigenvalue weighted by molar-refractivity contribution is 8.00. The van der Waals surface area contributed by atoms with E-state index < -0.39 is 5.25 Å². The van der Waals surface area contributed by atoms with E-state index in [2.05, 4.69) is 15.2 Å². The zero-order chi connectivity index (χ0) is 18.5. The molecule has 2 aromatic carbocycles. The van der Waals surface area contributed by atoms with Crippen LogP contribution in [0.4, 0.5) is 0 Å². The van der Waals surface area contributed by atoms with Crippen molar-refractivity contribution < 1.29 is 9.21 Å². The number of hydrogen-bond acceptors (Lipinski definition) is 6. The molecule has 0 fully saturated rings. The molecule has 0 radical (unpaired) electrons. The minimum absolute atomic E-state index is 0.00655. The second-order valence-electron chi connectivity index (χ2n) is 5.75. The van der Waals surface area contributed by atoms with Crippen LogP contribution in [0.5, 0.6) is 0 Å². The van der Waals surface area contributed by atoms with E-state index in [1.54, 1.807) is 18.5 Å². The van der Waals surface area contributed by atoms with Crippen molar-refractivity contribution in [1.82, 2.24) is 15.2 Å². The summed E-state index contributed by atoms with van der Waals surface area (Å²) in [5.41, 5.74) is 2.27. The summed E-state index contributed by atoms with van der Waals surface area (Å²) < 4.78 is 5.76. The summed E-state index contributed by atoms with van der Waals surface area (Å²) in [4.78, 5) is 17.2. The highest BCUT2D eigenvalue weighted by atomic mass is 32.2. The van der Waals surface area contributed by atoms with Gasteiger partial charge in [-0.1, -0.05) is 60.7 Å². The fourth-order valence-corrected chi connectivity index (χ4v) is 3.57. The van der Waals surface area contributed by atoms with Gasteiger partial charge in [-0.25, -0.2) is 0 Å². The van der Waals surface area contributed by atoms with Gasteiger partial charge in [-0.05, 0) is 29.5 Å². The number of carbonyl (C=O) groups excluding carboxylic acids is 1. The van der Waals surface area contributed by atoms with Gasteiger partial charge >= 0.3 is 0 Å². The Labute approximate surface area is 160 Å². The van der Waals surface area contributed by atoms with Crippen molar-refractivity contribution in [2.45, 2.75) is 10.5 Å². The Bertz CT molecular complexity index is 1020. The number of nitrogens with zero attached hydrogens (tertiary/aromatic N) is 3. The molecular formula is C21H15N3O2S. The van der Waals surface area contributed by atoms with Gasteiger partial charge in [0.1, 0.15) is 5.25 Å². The predicted molar refractivity (Wildman–Crippen MR) is 103 cm³/mol. The van der Waals surface area contributed by atoms with Crippen LogP contribution in [-0.4, -0.2) is 21.0 Å². The highest BCUT2D eigenvalue weighted by Crippen LogP contribution is 2.37. The molecule has 0 spiro atoms. The number of carbonyl (C=O) groups is 1. The quantitative estimate of drug-likeness (QED) is 0.355. The molecule has 0 saturated heterocycles. The first-order valence-electron chi connectivity index (χ1n) is 8.36. The van der Waals surface area contributed by atoms with Crippen molar-refractivity contribution in [3.05, 3.63) is 96.3 Å². The van der Waals surface area contributed by atoms with E-state index in [4.69, 9.17) is 4.42 Å². The first-order chi connectivity index (χ1) is 13.3. The van der Waals surface area contributed by atoms with Gasteiger partial charge in [0.2, 0.25) is 5.89 Å². The van der Waals surface area contributed by atoms with Gasteiger partial charge in [-0.15, -0.1) is 10.2 Å². The smallest absolute Gasteiger partial charge is 0.277 e. The predicted octanol–water partition coefficient (Wildman–Crippen LogP) is 4.85. The fourth-order valence-electron chi connectivity index (χ4n) is 2.62. The molecule has 0 bridgehead atoms. The third-order valence-corrected chi connectivity index (χ3v) is 5.02. The van der Waals surface area contributed by atoms with Crippen LogP contribution in [0, 0.1) is 0 Å². The Morgan fingerprint density at radius 2 is 1.63 bits per heavy atom. The van der Waals surface area contributed by atoms with E-state index in [9.17, 15) is 4.79 Å². The Morgan fingerprint density at radius 3 is 2.33 bits per heavy atom. The zero-order valence-electron chi connectivity index (χ0n) is 14.2. The third-order valence-electron chi connectivity index (χ3n) is 3.93. The van der Waals surface area contributed by atoms with Crippen LogP contribution in [-0.2, 0) is 0 Å². The van der Waals surface area contributed by atoms with Crippen LogP contribution in [0.1, 0.15) is 21.2 Å². The molecule has 0 unspecified atom stereocenters. The number of benzene rings is 2. The molecule has 0 amide bonds. The molecule has 0 aliphatic heterocycles. The summed E-state index contributed by atoms with van der Waals surface area (Å²) in [5, 5.41) is 8.04.